The van der Waals surface area contributed by atoms with Gasteiger partial charge >= 0.3 is 7.12 Å². The third-order valence-corrected chi connectivity index (χ3v) is 2.61. The average molecular weight is 243 g/mol. The molecule has 0 amide bonds. The summed E-state index contributed by atoms with van der Waals surface area (Å²) < 4.78 is 5.53. The lowest BCUT2D eigenvalue weighted by atomic mass is 9.79. The van der Waals surface area contributed by atoms with Crippen molar-refractivity contribution < 1.29 is 14.8 Å². The maximum Gasteiger partial charge on any atom is 0.490 e. The zero-order valence-corrected chi connectivity index (χ0v) is 10.1. The van der Waals surface area contributed by atoms with Gasteiger partial charge in [-0.2, -0.15) is 0 Å². The van der Waals surface area contributed by atoms with E-state index in [0.29, 0.717) is 23.6 Å². The van der Waals surface area contributed by atoms with Crippen molar-refractivity contribution in [1.82, 2.24) is 4.98 Å². The standard InChI is InChI=1S/C13H14BNO3/c1-10-12(14(16)17)7-8-13(15-10)18-9-11-5-3-2-4-6-11/h2-8,16-17H,9H2,1H3. The summed E-state index contributed by atoms with van der Waals surface area (Å²) in [6.07, 6.45) is 0. The van der Waals surface area contributed by atoms with Crippen molar-refractivity contribution in [2.45, 2.75) is 13.5 Å². The van der Waals surface area contributed by atoms with E-state index in [-0.39, 0.29) is 0 Å². The largest absolute Gasteiger partial charge is 0.490 e. The summed E-state index contributed by atoms with van der Waals surface area (Å²) in [6.45, 7) is 2.15. The molecule has 92 valence electrons. The molecule has 0 aliphatic rings. The molecule has 0 saturated heterocycles. The fourth-order valence-electron chi connectivity index (χ4n) is 1.63. The van der Waals surface area contributed by atoms with Gasteiger partial charge in [0.15, 0.2) is 0 Å². The zero-order valence-electron chi connectivity index (χ0n) is 10.1. The smallest absolute Gasteiger partial charge is 0.473 e. The third-order valence-electron chi connectivity index (χ3n) is 2.61. The summed E-state index contributed by atoms with van der Waals surface area (Å²) in [5.41, 5.74) is 2.00. The molecule has 0 bridgehead atoms. The van der Waals surface area contributed by atoms with E-state index in [2.05, 4.69) is 4.98 Å². The number of ether oxygens (including phenoxy) is 1. The molecule has 0 radical (unpaired) electrons. The topological polar surface area (TPSA) is 62.6 Å². The summed E-state index contributed by atoms with van der Waals surface area (Å²) in [5, 5.41) is 18.2. The summed E-state index contributed by atoms with van der Waals surface area (Å²) in [5.74, 6) is 0.473. The summed E-state index contributed by atoms with van der Waals surface area (Å²) >= 11 is 0. The minimum Gasteiger partial charge on any atom is -0.473 e. The molecule has 0 unspecified atom stereocenters. The molecule has 1 aromatic carbocycles. The van der Waals surface area contributed by atoms with Gasteiger partial charge in [0, 0.05) is 11.2 Å². The Kier molecular flexibility index (Phi) is 3.97. The number of pyridine rings is 1. The van der Waals surface area contributed by atoms with Gasteiger partial charge in [-0.1, -0.05) is 36.4 Å². The van der Waals surface area contributed by atoms with Gasteiger partial charge in [0.05, 0.1) is 0 Å². The highest BCUT2D eigenvalue weighted by atomic mass is 16.5. The van der Waals surface area contributed by atoms with E-state index in [4.69, 9.17) is 14.8 Å². The fourth-order valence-corrected chi connectivity index (χ4v) is 1.63. The maximum absolute atomic E-state index is 9.08. The quantitative estimate of drug-likeness (QED) is 0.774. The Labute approximate surface area is 106 Å². The highest BCUT2D eigenvalue weighted by Gasteiger charge is 2.15. The van der Waals surface area contributed by atoms with Gasteiger partial charge in [-0.15, -0.1) is 0 Å². The molecule has 2 N–H and O–H groups in total. The molecule has 0 fully saturated rings. The van der Waals surface area contributed by atoms with Crippen LogP contribution >= 0.6 is 0 Å². The van der Waals surface area contributed by atoms with Crippen molar-refractivity contribution >= 4 is 12.6 Å². The average Bonchev–Trinajstić information content (AvgIpc) is 2.37. The number of aromatic nitrogens is 1. The molecule has 0 atom stereocenters. The molecular formula is C13H14BNO3. The van der Waals surface area contributed by atoms with Gasteiger partial charge in [-0.3, -0.25) is 0 Å². The highest BCUT2D eigenvalue weighted by molar-refractivity contribution is 6.59. The maximum atomic E-state index is 9.08. The van der Waals surface area contributed by atoms with Crippen LogP contribution in [0.15, 0.2) is 42.5 Å². The van der Waals surface area contributed by atoms with E-state index in [9.17, 15) is 0 Å². The summed E-state index contributed by atoms with van der Waals surface area (Å²) in [7, 11) is -1.50. The van der Waals surface area contributed by atoms with Crippen LogP contribution in [0, 0.1) is 6.92 Å². The first-order chi connectivity index (χ1) is 8.66. The van der Waals surface area contributed by atoms with Gasteiger partial charge in [-0.25, -0.2) is 4.98 Å². The van der Waals surface area contributed by atoms with Gasteiger partial charge < -0.3 is 14.8 Å². The second-order valence-electron chi connectivity index (χ2n) is 3.97. The summed E-state index contributed by atoms with van der Waals surface area (Å²) in [4.78, 5) is 4.17. The number of aryl methyl sites for hydroxylation is 1. The van der Waals surface area contributed by atoms with Crippen molar-refractivity contribution in [2.75, 3.05) is 0 Å². The number of rotatable bonds is 4. The van der Waals surface area contributed by atoms with Crippen LogP contribution in [0.3, 0.4) is 0 Å². The van der Waals surface area contributed by atoms with Gasteiger partial charge in [0.25, 0.3) is 0 Å². The molecule has 5 heteroatoms. The Morgan fingerprint density at radius 3 is 2.44 bits per heavy atom. The predicted octanol–water partition coefficient (Wildman–Crippen LogP) is 0.649. The van der Waals surface area contributed by atoms with E-state index >= 15 is 0 Å². The Balaban J connectivity index is 2.05. The molecule has 0 aliphatic carbocycles. The van der Waals surface area contributed by atoms with Crippen LogP contribution in [-0.2, 0) is 6.61 Å². The molecular weight excluding hydrogens is 229 g/mol. The molecule has 4 nitrogen and oxygen atoms in total. The lowest BCUT2D eigenvalue weighted by molar-refractivity contribution is 0.293. The number of nitrogens with zero attached hydrogens (tertiary/aromatic N) is 1. The molecule has 2 rings (SSSR count). The Bertz CT molecular complexity index is 517. The minimum atomic E-state index is -1.50. The normalized spacial score (nSPS) is 10.2. The third kappa shape index (κ3) is 3.09. The van der Waals surface area contributed by atoms with E-state index < -0.39 is 7.12 Å². The van der Waals surface area contributed by atoms with Crippen LogP contribution < -0.4 is 10.2 Å². The lowest BCUT2D eigenvalue weighted by Gasteiger charge is -2.08. The molecule has 18 heavy (non-hydrogen) atoms. The lowest BCUT2D eigenvalue weighted by Crippen LogP contribution is -2.32. The number of hydrogen-bond acceptors (Lipinski definition) is 4. The minimum absolute atomic E-state index is 0.391. The van der Waals surface area contributed by atoms with Crippen LogP contribution in [0.5, 0.6) is 5.88 Å². The van der Waals surface area contributed by atoms with E-state index in [1.807, 2.05) is 30.3 Å². The second-order valence-corrected chi connectivity index (χ2v) is 3.97. The van der Waals surface area contributed by atoms with E-state index in [1.54, 1.807) is 19.1 Å². The van der Waals surface area contributed by atoms with Crippen LogP contribution in [-0.4, -0.2) is 22.2 Å². The first kappa shape index (κ1) is 12.6. The van der Waals surface area contributed by atoms with Crippen molar-refractivity contribution in [3.05, 3.63) is 53.7 Å². The SMILES string of the molecule is Cc1nc(OCc2ccccc2)ccc1B(O)O. The first-order valence-corrected chi connectivity index (χ1v) is 5.67. The summed E-state index contributed by atoms with van der Waals surface area (Å²) in [6, 6.07) is 13.0. The number of hydrogen-bond donors (Lipinski definition) is 2. The van der Waals surface area contributed by atoms with E-state index in [1.165, 1.54) is 0 Å². The van der Waals surface area contributed by atoms with Crippen LogP contribution in [0.25, 0.3) is 0 Å². The monoisotopic (exact) mass is 243 g/mol. The Hall–Kier alpha value is -1.85. The van der Waals surface area contributed by atoms with Crippen molar-refractivity contribution in [3.63, 3.8) is 0 Å². The molecule has 1 heterocycles. The van der Waals surface area contributed by atoms with E-state index in [0.717, 1.165) is 5.56 Å². The highest BCUT2D eigenvalue weighted by Crippen LogP contribution is 2.09. The molecule has 2 aromatic rings. The zero-order chi connectivity index (χ0) is 13.0. The molecule has 0 aliphatic heterocycles. The van der Waals surface area contributed by atoms with Gasteiger partial charge in [-0.05, 0) is 18.6 Å². The molecule has 0 spiro atoms. The fraction of sp³-hybridized carbons (Fsp3) is 0.154. The van der Waals surface area contributed by atoms with Crippen molar-refractivity contribution in [3.8, 4) is 5.88 Å². The van der Waals surface area contributed by atoms with Crippen molar-refractivity contribution in [2.24, 2.45) is 0 Å². The second kappa shape index (κ2) is 5.66. The Morgan fingerprint density at radius 1 is 1.11 bits per heavy atom. The van der Waals surface area contributed by atoms with Crippen LogP contribution in [0.2, 0.25) is 0 Å². The van der Waals surface area contributed by atoms with Gasteiger partial charge in [0.2, 0.25) is 5.88 Å². The van der Waals surface area contributed by atoms with Crippen molar-refractivity contribution in [1.29, 1.82) is 0 Å². The number of benzene rings is 1. The van der Waals surface area contributed by atoms with Gasteiger partial charge in [0.1, 0.15) is 6.61 Å². The van der Waals surface area contributed by atoms with Crippen LogP contribution in [0.1, 0.15) is 11.3 Å². The predicted molar refractivity (Wildman–Crippen MR) is 69.6 cm³/mol. The molecule has 0 saturated carbocycles. The molecule has 1 aromatic heterocycles. The first-order valence-electron chi connectivity index (χ1n) is 5.67. The Morgan fingerprint density at radius 2 is 1.83 bits per heavy atom. The van der Waals surface area contributed by atoms with Crippen LogP contribution in [0.4, 0.5) is 0 Å².